The van der Waals surface area contributed by atoms with Gasteiger partial charge in [-0.1, -0.05) is 45.2 Å². The Balaban J connectivity index is 2.09. The molecule has 0 spiro atoms. The third-order valence-electron chi connectivity index (χ3n) is 3.95. The average molecular weight is 500 g/mol. The van der Waals surface area contributed by atoms with Crippen LogP contribution in [0.4, 0.5) is 10.5 Å². The maximum atomic E-state index is 13.0. The number of rotatable bonds is 4. The quantitative estimate of drug-likeness (QED) is 0.476. The summed E-state index contributed by atoms with van der Waals surface area (Å²) in [4.78, 5) is 38.4. The minimum Gasteiger partial charge on any atom is -0.504 e. The van der Waals surface area contributed by atoms with E-state index < -0.39 is 17.8 Å². The van der Waals surface area contributed by atoms with Crippen molar-refractivity contribution in [2.24, 2.45) is 0 Å². The minimum atomic E-state index is -0.943. The van der Waals surface area contributed by atoms with Crippen molar-refractivity contribution in [1.82, 2.24) is 5.32 Å². The van der Waals surface area contributed by atoms with E-state index in [0.29, 0.717) is 16.6 Å². The first-order valence-electron chi connectivity index (χ1n) is 8.25. The number of phenolic OH excluding ortho intramolecular Hbond substituents is 1. The number of nitrogens with zero attached hydrogens (tertiary/aromatic N) is 1. The molecule has 7 nitrogen and oxygen atoms in total. The van der Waals surface area contributed by atoms with Crippen LogP contribution >= 0.6 is 39.1 Å². The zero-order valence-corrected chi connectivity index (χ0v) is 17.9. The molecule has 1 heterocycles. The van der Waals surface area contributed by atoms with Crippen molar-refractivity contribution in [2.75, 3.05) is 11.5 Å². The Kier molecular flexibility index (Phi) is 6.16. The van der Waals surface area contributed by atoms with Crippen LogP contribution in [-0.4, -0.2) is 29.6 Å². The molecule has 4 amide bonds. The Morgan fingerprint density at radius 2 is 1.97 bits per heavy atom. The highest BCUT2D eigenvalue weighted by Gasteiger charge is 2.38. The molecule has 1 saturated heterocycles. The fraction of sp³-hybridized carbons (Fsp3) is 0.105. The Hall–Kier alpha value is -2.55. The van der Waals surface area contributed by atoms with Crippen LogP contribution in [0.3, 0.4) is 0 Å². The average Bonchev–Trinajstić information content (AvgIpc) is 2.65. The number of phenols is 1. The molecule has 10 heteroatoms. The number of amides is 4. The van der Waals surface area contributed by atoms with Crippen LogP contribution < -0.4 is 15.0 Å². The summed E-state index contributed by atoms with van der Waals surface area (Å²) in [7, 11) is 0. The predicted octanol–water partition coefficient (Wildman–Crippen LogP) is 4.53. The lowest BCUT2D eigenvalue weighted by molar-refractivity contribution is -0.122. The first-order chi connectivity index (χ1) is 13.7. The Labute approximate surface area is 184 Å². The normalized spacial score (nSPS) is 15.7. The second kappa shape index (κ2) is 8.44. The van der Waals surface area contributed by atoms with E-state index in [1.54, 1.807) is 6.92 Å². The van der Waals surface area contributed by atoms with Gasteiger partial charge in [-0.2, -0.15) is 0 Å². The number of urea groups is 1. The number of imide groups is 2. The standard InChI is InChI=1S/C19H13BrCl2N2O5/c1-2-29-15-7-9(11(20)8-14(15)25)6-10-17(26)23-19(28)24(18(10)27)13-5-3-4-12(21)16(13)22/h3-8,25H,2H2,1H3,(H,23,26,28). The fourth-order valence-electron chi connectivity index (χ4n) is 2.64. The molecule has 1 aliphatic heterocycles. The molecule has 2 N–H and O–H groups in total. The van der Waals surface area contributed by atoms with Crippen LogP contribution in [0.25, 0.3) is 6.08 Å². The monoisotopic (exact) mass is 498 g/mol. The molecular formula is C19H13BrCl2N2O5. The second-order valence-electron chi connectivity index (χ2n) is 5.81. The van der Waals surface area contributed by atoms with Crippen LogP contribution in [-0.2, 0) is 9.59 Å². The molecule has 1 fully saturated rings. The van der Waals surface area contributed by atoms with Gasteiger partial charge in [0.25, 0.3) is 11.8 Å². The molecule has 2 aromatic rings. The van der Waals surface area contributed by atoms with Crippen LogP contribution in [0, 0.1) is 0 Å². The molecule has 2 aromatic carbocycles. The van der Waals surface area contributed by atoms with Crippen molar-refractivity contribution < 1.29 is 24.2 Å². The number of barbiturate groups is 1. The maximum Gasteiger partial charge on any atom is 0.336 e. The third-order valence-corrected chi connectivity index (χ3v) is 5.45. The Bertz CT molecular complexity index is 1070. The summed E-state index contributed by atoms with van der Waals surface area (Å²) in [6.07, 6.45) is 1.28. The first-order valence-corrected chi connectivity index (χ1v) is 9.80. The summed E-state index contributed by atoms with van der Waals surface area (Å²) in [5.74, 6) is -1.67. The minimum absolute atomic E-state index is 0.00388. The number of hydrogen-bond acceptors (Lipinski definition) is 5. The smallest absolute Gasteiger partial charge is 0.336 e. The topological polar surface area (TPSA) is 95.9 Å². The number of carbonyl (C=O) groups is 3. The molecule has 1 aliphatic rings. The molecule has 0 aliphatic carbocycles. The Morgan fingerprint density at radius 1 is 1.24 bits per heavy atom. The number of hydrogen-bond donors (Lipinski definition) is 2. The van der Waals surface area contributed by atoms with Gasteiger partial charge in [-0.3, -0.25) is 14.9 Å². The van der Waals surface area contributed by atoms with Crippen molar-refractivity contribution in [3.63, 3.8) is 0 Å². The van der Waals surface area contributed by atoms with Crippen LogP contribution in [0.2, 0.25) is 10.0 Å². The van der Waals surface area contributed by atoms with Crippen molar-refractivity contribution in [2.45, 2.75) is 6.92 Å². The van der Waals surface area contributed by atoms with Gasteiger partial charge in [-0.25, -0.2) is 9.69 Å². The number of benzene rings is 2. The lowest BCUT2D eigenvalue weighted by Gasteiger charge is -2.27. The van der Waals surface area contributed by atoms with E-state index in [4.69, 9.17) is 27.9 Å². The number of halogens is 3. The van der Waals surface area contributed by atoms with Crippen LogP contribution in [0.1, 0.15) is 12.5 Å². The molecule has 0 saturated carbocycles. The van der Waals surface area contributed by atoms with E-state index in [-0.39, 0.29) is 32.8 Å². The van der Waals surface area contributed by atoms with E-state index in [2.05, 4.69) is 21.2 Å². The molecule has 0 aromatic heterocycles. The number of nitrogens with one attached hydrogen (secondary N) is 1. The van der Waals surface area contributed by atoms with E-state index in [1.807, 2.05) is 0 Å². The van der Waals surface area contributed by atoms with Crippen molar-refractivity contribution in [3.8, 4) is 11.5 Å². The van der Waals surface area contributed by atoms with Crippen molar-refractivity contribution in [1.29, 1.82) is 0 Å². The fourth-order valence-corrected chi connectivity index (χ4v) is 3.46. The van der Waals surface area contributed by atoms with Gasteiger partial charge < -0.3 is 9.84 Å². The van der Waals surface area contributed by atoms with Gasteiger partial charge in [0.15, 0.2) is 11.5 Å². The van der Waals surface area contributed by atoms with Crippen molar-refractivity contribution >= 4 is 68.7 Å². The third kappa shape index (κ3) is 4.10. The summed E-state index contributed by atoms with van der Waals surface area (Å²) >= 11 is 15.4. The zero-order valence-electron chi connectivity index (χ0n) is 14.8. The van der Waals surface area contributed by atoms with Gasteiger partial charge >= 0.3 is 6.03 Å². The van der Waals surface area contributed by atoms with E-state index in [9.17, 15) is 19.5 Å². The SMILES string of the molecule is CCOc1cc(C=C2C(=O)NC(=O)N(c3cccc(Cl)c3Cl)C2=O)c(Br)cc1O. The van der Waals surface area contributed by atoms with Gasteiger partial charge in [-0.15, -0.1) is 0 Å². The maximum absolute atomic E-state index is 13.0. The lowest BCUT2D eigenvalue weighted by Crippen LogP contribution is -2.54. The predicted molar refractivity (Wildman–Crippen MR) is 112 cm³/mol. The summed E-state index contributed by atoms with van der Waals surface area (Å²) in [5, 5.41) is 12.2. The van der Waals surface area contributed by atoms with Gasteiger partial charge in [-0.05, 0) is 42.8 Å². The molecule has 3 rings (SSSR count). The van der Waals surface area contributed by atoms with Crippen LogP contribution in [0.15, 0.2) is 40.4 Å². The van der Waals surface area contributed by atoms with E-state index in [1.165, 1.54) is 36.4 Å². The number of aromatic hydroxyl groups is 1. The molecule has 0 bridgehead atoms. The summed E-state index contributed by atoms with van der Waals surface area (Å²) in [6.45, 7) is 2.05. The summed E-state index contributed by atoms with van der Waals surface area (Å²) in [6, 6.07) is 6.35. The van der Waals surface area contributed by atoms with Gasteiger partial charge in [0.2, 0.25) is 0 Å². The van der Waals surface area contributed by atoms with Gasteiger partial charge in [0, 0.05) is 4.47 Å². The van der Waals surface area contributed by atoms with Crippen LogP contribution in [0.5, 0.6) is 11.5 Å². The Morgan fingerprint density at radius 3 is 2.66 bits per heavy atom. The van der Waals surface area contributed by atoms with Crippen molar-refractivity contribution in [3.05, 3.63) is 56.0 Å². The first kappa shape index (κ1) is 21.2. The number of ether oxygens (including phenoxy) is 1. The second-order valence-corrected chi connectivity index (χ2v) is 7.44. The lowest BCUT2D eigenvalue weighted by atomic mass is 10.1. The number of anilines is 1. The van der Waals surface area contributed by atoms with Gasteiger partial charge in [0.05, 0.1) is 22.3 Å². The molecule has 29 heavy (non-hydrogen) atoms. The molecule has 150 valence electrons. The molecule has 0 unspecified atom stereocenters. The number of carbonyl (C=O) groups excluding carboxylic acids is 3. The summed E-state index contributed by atoms with van der Waals surface area (Å²) in [5.41, 5.74) is 0.116. The molecule has 0 radical (unpaired) electrons. The molecular weight excluding hydrogens is 487 g/mol. The van der Waals surface area contributed by atoms with E-state index >= 15 is 0 Å². The molecule has 0 atom stereocenters. The van der Waals surface area contributed by atoms with Gasteiger partial charge in [0.1, 0.15) is 5.57 Å². The summed E-state index contributed by atoms with van der Waals surface area (Å²) < 4.78 is 5.74. The highest BCUT2D eigenvalue weighted by Crippen LogP contribution is 2.36. The van der Waals surface area contributed by atoms with E-state index in [0.717, 1.165) is 4.90 Å². The zero-order chi connectivity index (χ0) is 21.3. The highest BCUT2D eigenvalue weighted by atomic mass is 79.9. The largest absolute Gasteiger partial charge is 0.504 e. The highest BCUT2D eigenvalue weighted by molar-refractivity contribution is 9.10.